The second-order valence-corrected chi connectivity index (χ2v) is 6.37. The van der Waals surface area contributed by atoms with E-state index in [2.05, 4.69) is 33.0 Å². The molecule has 0 aliphatic heterocycles. The summed E-state index contributed by atoms with van der Waals surface area (Å²) in [5, 5.41) is 3.12. The third-order valence-electron chi connectivity index (χ3n) is 4.64. The summed E-state index contributed by atoms with van der Waals surface area (Å²) in [6.07, 6.45) is 0.397. The van der Waals surface area contributed by atoms with Gasteiger partial charge in [-0.2, -0.15) is 0 Å². The smallest absolute Gasteiger partial charge is 0.224 e. The molecule has 0 unspecified atom stereocenters. The summed E-state index contributed by atoms with van der Waals surface area (Å²) in [4.78, 5) is 12.0. The quantitative estimate of drug-likeness (QED) is 0.804. The number of rotatable bonds is 3. The number of benzene rings is 1. The monoisotopic (exact) mass is 246 g/mol. The van der Waals surface area contributed by atoms with Gasteiger partial charge in [-0.05, 0) is 28.5 Å². The van der Waals surface area contributed by atoms with Crippen LogP contribution in [0.25, 0.3) is 0 Å². The minimum absolute atomic E-state index is 0.0734. The Balaban J connectivity index is 1.95. The van der Waals surface area contributed by atoms with Gasteiger partial charge in [0.2, 0.25) is 5.91 Å². The summed E-state index contributed by atoms with van der Waals surface area (Å²) in [6.45, 7) is 8.77. The Hall–Kier alpha value is -1.51. The second-order valence-electron chi connectivity index (χ2n) is 6.37. The van der Waals surface area contributed by atoms with Gasteiger partial charge in [-0.3, -0.25) is 4.79 Å². The lowest BCUT2D eigenvalue weighted by Gasteiger charge is -2.07. The average Bonchev–Trinajstić information content (AvgIpc) is 2.61. The first-order chi connectivity index (χ1) is 8.25. The largest absolute Gasteiger partial charge is 0.399 e. The van der Waals surface area contributed by atoms with Crippen LogP contribution in [0, 0.1) is 10.8 Å². The number of hydrogen-bond donors (Lipinski definition) is 2. The van der Waals surface area contributed by atoms with Crippen molar-refractivity contribution < 1.29 is 4.79 Å². The zero-order chi connectivity index (χ0) is 13.6. The van der Waals surface area contributed by atoms with Gasteiger partial charge in [-0.15, -0.1) is 0 Å². The second kappa shape index (κ2) is 4.01. The number of carbonyl (C=O) groups excluding carboxylic acids is 1. The molecule has 0 spiro atoms. The summed E-state index contributed by atoms with van der Waals surface area (Å²) < 4.78 is 0. The Labute approximate surface area is 109 Å². The lowest BCUT2D eigenvalue weighted by atomic mass is 10.0. The van der Waals surface area contributed by atoms with Gasteiger partial charge in [-0.1, -0.05) is 39.8 Å². The van der Waals surface area contributed by atoms with E-state index in [0.717, 1.165) is 5.56 Å². The molecule has 0 saturated heterocycles. The van der Waals surface area contributed by atoms with E-state index in [-0.39, 0.29) is 22.8 Å². The lowest BCUT2D eigenvalue weighted by molar-refractivity contribution is -0.120. The molecule has 1 amide bonds. The van der Waals surface area contributed by atoms with Crippen LogP contribution in [0.4, 0.5) is 5.69 Å². The lowest BCUT2D eigenvalue weighted by Crippen LogP contribution is -2.31. The van der Waals surface area contributed by atoms with Crippen LogP contribution < -0.4 is 11.1 Å². The van der Waals surface area contributed by atoms with Crippen LogP contribution in [0.15, 0.2) is 24.3 Å². The first-order valence-electron chi connectivity index (χ1n) is 6.39. The number of nitrogen functional groups attached to an aromatic ring is 1. The molecule has 18 heavy (non-hydrogen) atoms. The van der Waals surface area contributed by atoms with Gasteiger partial charge in [0.15, 0.2) is 0 Å². The Morgan fingerprint density at radius 3 is 2.39 bits per heavy atom. The van der Waals surface area contributed by atoms with Crippen LogP contribution in [-0.4, -0.2) is 11.9 Å². The molecule has 1 aliphatic carbocycles. The number of hydrogen-bond acceptors (Lipinski definition) is 2. The molecule has 1 aliphatic rings. The molecule has 2 rings (SSSR count). The Morgan fingerprint density at radius 1 is 1.28 bits per heavy atom. The molecule has 1 fully saturated rings. The van der Waals surface area contributed by atoms with Crippen molar-refractivity contribution in [2.24, 2.45) is 10.8 Å². The summed E-state index contributed by atoms with van der Waals surface area (Å²) in [5.41, 5.74) is 7.72. The van der Waals surface area contributed by atoms with Gasteiger partial charge in [-0.25, -0.2) is 0 Å². The zero-order valence-electron chi connectivity index (χ0n) is 11.6. The minimum Gasteiger partial charge on any atom is -0.399 e. The predicted molar refractivity (Wildman–Crippen MR) is 74.1 cm³/mol. The number of nitrogens with two attached hydrogens (primary N) is 1. The molecular formula is C15H22N2O. The maximum atomic E-state index is 12.0. The number of carbonyl (C=O) groups is 1. The summed E-state index contributed by atoms with van der Waals surface area (Å²) >= 11 is 0. The predicted octanol–water partition coefficient (Wildman–Crippen LogP) is 2.36. The van der Waals surface area contributed by atoms with E-state index in [1.165, 1.54) is 0 Å². The summed E-state index contributed by atoms with van der Waals surface area (Å²) in [5.74, 6) is 0.0734. The van der Waals surface area contributed by atoms with E-state index < -0.39 is 0 Å². The standard InChI is InChI=1S/C15H22N2O/c1-14(2)13(15(14,3)4)17-12(18)9-10-6-5-7-11(16)8-10/h5-8,13H,9,16H2,1-4H3,(H,17,18). The van der Waals surface area contributed by atoms with Crippen LogP contribution in [-0.2, 0) is 11.2 Å². The average molecular weight is 246 g/mol. The van der Waals surface area contributed by atoms with E-state index in [4.69, 9.17) is 5.73 Å². The van der Waals surface area contributed by atoms with Crippen molar-refractivity contribution in [2.75, 3.05) is 5.73 Å². The Morgan fingerprint density at radius 2 is 1.89 bits per heavy atom. The van der Waals surface area contributed by atoms with Crippen molar-refractivity contribution in [3.63, 3.8) is 0 Å². The van der Waals surface area contributed by atoms with Gasteiger partial charge in [0.05, 0.1) is 6.42 Å². The third kappa shape index (κ3) is 2.09. The highest BCUT2D eigenvalue weighted by atomic mass is 16.1. The van der Waals surface area contributed by atoms with Crippen molar-refractivity contribution >= 4 is 11.6 Å². The molecular weight excluding hydrogens is 224 g/mol. The highest BCUT2D eigenvalue weighted by molar-refractivity contribution is 5.79. The number of amides is 1. The Kier molecular flexibility index (Phi) is 2.88. The SMILES string of the molecule is CC1(C)C(NC(=O)Cc2cccc(N)c2)C1(C)C. The molecule has 0 aromatic heterocycles. The molecule has 0 bridgehead atoms. The molecule has 3 heteroatoms. The van der Waals surface area contributed by atoms with Crippen molar-refractivity contribution in [2.45, 2.75) is 40.2 Å². The zero-order valence-corrected chi connectivity index (χ0v) is 11.6. The normalized spacial score (nSPS) is 20.4. The van der Waals surface area contributed by atoms with E-state index in [9.17, 15) is 4.79 Å². The number of nitrogens with one attached hydrogen (secondary N) is 1. The first-order valence-corrected chi connectivity index (χ1v) is 6.39. The van der Waals surface area contributed by atoms with Crippen LogP contribution >= 0.6 is 0 Å². The summed E-state index contributed by atoms with van der Waals surface area (Å²) in [7, 11) is 0. The van der Waals surface area contributed by atoms with Crippen molar-refractivity contribution in [1.29, 1.82) is 0 Å². The fourth-order valence-electron chi connectivity index (χ4n) is 2.66. The van der Waals surface area contributed by atoms with E-state index in [1.807, 2.05) is 24.3 Å². The third-order valence-corrected chi connectivity index (χ3v) is 4.64. The van der Waals surface area contributed by atoms with Crippen LogP contribution in [0.1, 0.15) is 33.3 Å². The molecule has 0 radical (unpaired) electrons. The van der Waals surface area contributed by atoms with Crippen LogP contribution in [0.2, 0.25) is 0 Å². The number of anilines is 1. The van der Waals surface area contributed by atoms with Crippen molar-refractivity contribution in [1.82, 2.24) is 5.32 Å². The van der Waals surface area contributed by atoms with Crippen molar-refractivity contribution in [3.05, 3.63) is 29.8 Å². The molecule has 3 N–H and O–H groups in total. The molecule has 0 heterocycles. The minimum atomic E-state index is 0.0734. The first kappa shape index (κ1) is 12.9. The van der Waals surface area contributed by atoms with Crippen LogP contribution in [0.5, 0.6) is 0 Å². The Bertz CT molecular complexity index is 463. The maximum absolute atomic E-state index is 12.0. The molecule has 1 saturated carbocycles. The summed E-state index contributed by atoms with van der Waals surface area (Å²) in [6, 6.07) is 7.75. The van der Waals surface area contributed by atoms with Crippen molar-refractivity contribution in [3.8, 4) is 0 Å². The van der Waals surface area contributed by atoms with Gasteiger partial charge in [0, 0.05) is 11.7 Å². The van der Waals surface area contributed by atoms with Gasteiger partial charge in [0.1, 0.15) is 0 Å². The highest BCUT2D eigenvalue weighted by Gasteiger charge is 2.65. The van der Waals surface area contributed by atoms with E-state index >= 15 is 0 Å². The molecule has 0 atom stereocenters. The molecule has 1 aromatic rings. The maximum Gasteiger partial charge on any atom is 0.224 e. The topological polar surface area (TPSA) is 55.1 Å². The van der Waals surface area contributed by atoms with Crippen LogP contribution in [0.3, 0.4) is 0 Å². The fourth-order valence-corrected chi connectivity index (χ4v) is 2.66. The van der Waals surface area contributed by atoms with Gasteiger partial charge in [0.25, 0.3) is 0 Å². The molecule has 3 nitrogen and oxygen atoms in total. The highest BCUT2D eigenvalue weighted by Crippen LogP contribution is 2.62. The molecule has 98 valence electrons. The van der Waals surface area contributed by atoms with Gasteiger partial charge >= 0.3 is 0 Å². The molecule has 1 aromatic carbocycles. The van der Waals surface area contributed by atoms with E-state index in [1.54, 1.807) is 0 Å². The fraction of sp³-hybridized carbons (Fsp3) is 0.533. The van der Waals surface area contributed by atoms with Gasteiger partial charge < -0.3 is 11.1 Å². The van der Waals surface area contributed by atoms with E-state index in [0.29, 0.717) is 12.1 Å².